The number of thiophene rings is 1. The first-order valence-electron chi connectivity index (χ1n) is 4.36. The number of hydrogen-bond donors (Lipinski definition) is 0. The summed E-state index contributed by atoms with van der Waals surface area (Å²) < 4.78 is 7.83. The van der Waals surface area contributed by atoms with Crippen molar-refractivity contribution in [2.75, 3.05) is 0 Å². The Kier molecular flexibility index (Phi) is 3.83. The maximum Gasteiger partial charge on any atom is 0.122 e. The molecule has 0 spiro atoms. The van der Waals surface area contributed by atoms with E-state index in [1.807, 2.05) is 30.3 Å². The van der Waals surface area contributed by atoms with Crippen molar-refractivity contribution in [1.29, 1.82) is 0 Å². The topological polar surface area (TPSA) is 9.23 Å². The minimum atomic E-state index is 0.623. The highest BCUT2D eigenvalue weighted by atomic mass is 79.9. The van der Waals surface area contributed by atoms with Gasteiger partial charge in [-0.05, 0) is 52.3 Å². The summed E-state index contributed by atoms with van der Waals surface area (Å²) in [7, 11) is 0. The second kappa shape index (κ2) is 5.14. The van der Waals surface area contributed by atoms with Crippen LogP contribution in [-0.2, 0) is 6.61 Å². The third kappa shape index (κ3) is 3.33. The van der Waals surface area contributed by atoms with E-state index in [9.17, 15) is 0 Å². The fraction of sp³-hybridized carbons (Fsp3) is 0.0909. The van der Waals surface area contributed by atoms with E-state index in [2.05, 4.69) is 37.9 Å². The van der Waals surface area contributed by atoms with Gasteiger partial charge in [0.15, 0.2) is 0 Å². The van der Waals surface area contributed by atoms with Gasteiger partial charge in [-0.15, -0.1) is 11.3 Å². The number of benzene rings is 1. The zero-order valence-electron chi connectivity index (χ0n) is 7.74. The van der Waals surface area contributed by atoms with Crippen molar-refractivity contribution in [1.82, 2.24) is 0 Å². The van der Waals surface area contributed by atoms with Crippen LogP contribution < -0.4 is 4.74 Å². The molecule has 1 aromatic carbocycles. The summed E-state index contributed by atoms with van der Waals surface area (Å²) in [5, 5.41) is 0. The molecule has 2 aromatic rings. The molecule has 1 heterocycles. The van der Waals surface area contributed by atoms with Crippen LogP contribution in [0, 0.1) is 0 Å². The smallest absolute Gasteiger partial charge is 0.122 e. The number of halogens is 2. The second-order valence-electron chi connectivity index (χ2n) is 2.95. The summed E-state index contributed by atoms with van der Waals surface area (Å²) in [6.45, 7) is 0.623. The highest BCUT2D eigenvalue weighted by Gasteiger charge is 1.99. The predicted molar refractivity (Wildman–Crippen MR) is 70.5 cm³/mol. The van der Waals surface area contributed by atoms with Gasteiger partial charge in [0.25, 0.3) is 0 Å². The van der Waals surface area contributed by atoms with E-state index in [4.69, 9.17) is 4.74 Å². The van der Waals surface area contributed by atoms with Gasteiger partial charge in [-0.1, -0.05) is 15.9 Å². The monoisotopic (exact) mass is 346 g/mol. The molecule has 0 unspecified atom stereocenters. The fourth-order valence-corrected chi connectivity index (χ4v) is 2.78. The van der Waals surface area contributed by atoms with Crippen molar-refractivity contribution in [2.45, 2.75) is 6.61 Å². The normalized spacial score (nSPS) is 10.3. The molecule has 0 amide bonds. The number of rotatable bonds is 3. The minimum absolute atomic E-state index is 0.623. The van der Waals surface area contributed by atoms with Crippen LogP contribution in [0.3, 0.4) is 0 Å². The Bertz CT molecular complexity index is 436. The molecule has 0 radical (unpaired) electrons. The minimum Gasteiger partial charge on any atom is -0.488 e. The Morgan fingerprint density at radius 3 is 2.33 bits per heavy atom. The van der Waals surface area contributed by atoms with Crippen LogP contribution in [0.1, 0.15) is 4.88 Å². The Balaban J connectivity index is 1.96. The van der Waals surface area contributed by atoms with Crippen LogP contribution in [0.4, 0.5) is 0 Å². The van der Waals surface area contributed by atoms with E-state index in [0.29, 0.717) is 6.61 Å². The molecular formula is C11H8Br2OS. The third-order valence-electron chi connectivity index (χ3n) is 1.82. The standard InChI is InChI=1S/C11H8Br2OS/c12-8-1-3-9(4-2-8)14-7-10-5-6-11(13)15-10/h1-6H,7H2. The van der Waals surface area contributed by atoms with Gasteiger partial charge in [0, 0.05) is 9.35 Å². The average Bonchev–Trinajstić information content (AvgIpc) is 2.64. The van der Waals surface area contributed by atoms with Crippen molar-refractivity contribution in [3.8, 4) is 5.75 Å². The lowest BCUT2D eigenvalue weighted by Gasteiger charge is -2.03. The van der Waals surface area contributed by atoms with E-state index in [-0.39, 0.29) is 0 Å². The van der Waals surface area contributed by atoms with Crippen LogP contribution >= 0.6 is 43.2 Å². The summed E-state index contributed by atoms with van der Waals surface area (Å²) >= 11 is 8.50. The molecule has 0 saturated carbocycles. The molecule has 1 nitrogen and oxygen atoms in total. The van der Waals surface area contributed by atoms with Crippen LogP contribution in [0.15, 0.2) is 44.7 Å². The molecule has 78 valence electrons. The van der Waals surface area contributed by atoms with Crippen molar-refractivity contribution in [3.63, 3.8) is 0 Å². The predicted octanol–water partition coefficient (Wildman–Crippen LogP) is 4.85. The first-order valence-corrected chi connectivity index (χ1v) is 6.77. The molecule has 1 aromatic heterocycles. The SMILES string of the molecule is Brc1ccc(OCc2ccc(Br)s2)cc1. The molecule has 2 rings (SSSR count). The van der Waals surface area contributed by atoms with Gasteiger partial charge in [0.2, 0.25) is 0 Å². The molecule has 4 heteroatoms. The maximum atomic E-state index is 5.63. The zero-order valence-corrected chi connectivity index (χ0v) is 11.7. The molecule has 0 saturated heterocycles. The van der Waals surface area contributed by atoms with Gasteiger partial charge in [-0.2, -0.15) is 0 Å². The van der Waals surface area contributed by atoms with Gasteiger partial charge in [0.05, 0.1) is 3.79 Å². The van der Waals surface area contributed by atoms with Crippen LogP contribution in [-0.4, -0.2) is 0 Å². The first kappa shape index (κ1) is 11.2. The van der Waals surface area contributed by atoms with Crippen LogP contribution in [0.25, 0.3) is 0 Å². The van der Waals surface area contributed by atoms with Crippen LogP contribution in [0.2, 0.25) is 0 Å². The van der Waals surface area contributed by atoms with Gasteiger partial charge in [-0.3, -0.25) is 0 Å². The van der Waals surface area contributed by atoms with Crippen molar-refractivity contribution >= 4 is 43.2 Å². The van der Waals surface area contributed by atoms with E-state index < -0.39 is 0 Å². The van der Waals surface area contributed by atoms with Crippen molar-refractivity contribution in [2.24, 2.45) is 0 Å². The second-order valence-corrected chi connectivity index (χ2v) is 6.41. The molecule has 0 bridgehead atoms. The lowest BCUT2D eigenvalue weighted by molar-refractivity contribution is 0.310. The lowest BCUT2D eigenvalue weighted by Crippen LogP contribution is -1.91. The summed E-state index contributed by atoms with van der Waals surface area (Å²) in [4.78, 5) is 1.21. The third-order valence-corrected chi connectivity index (χ3v) is 3.95. The zero-order chi connectivity index (χ0) is 10.7. The number of hydrogen-bond acceptors (Lipinski definition) is 2. The largest absolute Gasteiger partial charge is 0.488 e. The molecule has 0 aliphatic carbocycles. The highest BCUT2D eigenvalue weighted by Crippen LogP contribution is 2.24. The Morgan fingerprint density at radius 1 is 1.00 bits per heavy atom. The van der Waals surface area contributed by atoms with Crippen LogP contribution in [0.5, 0.6) is 5.75 Å². The summed E-state index contributed by atoms with van der Waals surface area (Å²) in [5.41, 5.74) is 0. The summed E-state index contributed by atoms with van der Waals surface area (Å²) in [5.74, 6) is 0.891. The van der Waals surface area contributed by atoms with Gasteiger partial charge in [-0.25, -0.2) is 0 Å². The Hall–Kier alpha value is -0.320. The molecule has 0 fully saturated rings. The van der Waals surface area contributed by atoms with Gasteiger partial charge in [0.1, 0.15) is 12.4 Å². The van der Waals surface area contributed by atoms with Gasteiger partial charge < -0.3 is 4.74 Å². The molecule has 0 aliphatic rings. The first-order chi connectivity index (χ1) is 7.24. The van der Waals surface area contributed by atoms with Crippen molar-refractivity contribution in [3.05, 3.63) is 49.5 Å². The Labute approximate surface area is 109 Å². The van der Waals surface area contributed by atoms with Gasteiger partial charge >= 0.3 is 0 Å². The molecule has 0 N–H and O–H groups in total. The highest BCUT2D eigenvalue weighted by molar-refractivity contribution is 9.11. The lowest BCUT2D eigenvalue weighted by atomic mass is 10.3. The summed E-state index contributed by atoms with van der Waals surface area (Å²) in [6, 6.07) is 11.9. The fourth-order valence-electron chi connectivity index (χ4n) is 1.11. The van der Waals surface area contributed by atoms with E-state index in [1.165, 1.54) is 4.88 Å². The maximum absolute atomic E-state index is 5.63. The Morgan fingerprint density at radius 2 is 1.73 bits per heavy atom. The summed E-state index contributed by atoms with van der Waals surface area (Å²) in [6.07, 6.45) is 0. The average molecular weight is 348 g/mol. The van der Waals surface area contributed by atoms with Crippen molar-refractivity contribution < 1.29 is 4.74 Å². The van der Waals surface area contributed by atoms with E-state index in [1.54, 1.807) is 11.3 Å². The number of ether oxygens (including phenoxy) is 1. The van der Waals surface area contributed by atoms with E-state index in [0.717, 1.165) is 14.0 Å². The van der Waals surface area contributed by atoms with E-state index >= 15 is 0 Å². The quantitative estimate of drug-likeness (QED) is 0.771. The molecule has 15 heavy (non-hydrogen) atoms. The molecular weight excluding hydrogens is 340 g/mol. The molecule has 0 aliphatic heterocycles. The molecule has 0 atom stereocenters.